The lowest BCUT2D eigenvalue weighted by Crippen LogP contribution is -2.22. The lowest BCUT2D eigenvalue weighted by Gasteiger charge is -2.16. The molecule has 0 bridgehead atoms. The molecule has 7 heteroatoms. The van der Waals surface area contributed by atoms with Crippen molar-refractivity contribution in [1.29, 1.82) is 0 Å². The fourth-order valence-electron chi connectivity index (χ4n) is 2.36. The highest BCUT2D eigenvalue weighted by molar-refractivity contribution is 6.76. The van der Waals surface area contributed by atoms with Gasteiger partial charge < -0.3 is 9.47 Å². The third-order valence-electron chi connectivity index (χ3n) is 3.79. The van der Waals surface area contributed by atoms with Gasteiger partial charge in [-0.15, -0.1) is 0 Å². The Morgan fingerprint density at radius 2 is 2.08 bits per heavy atom. The maximum Gasteiger partial charge on any atom is 0.151 e. The number of methoxy groups -OCH3 is 1. The molecule has 0 aliphatic rings. The SMILES string of the molecule is C=Cc1ccc(OC)c(-c2cc(Cl)nn2COCC[Si](C)(C)C)c1F. The van der Waals surface area contributed by atoms with Gasteiger partial charge in [-0.2, -0.15) is 5.10 Å². The molecule has 0 aliphatic carbocycles. The van der Waals surface area contributed by atoms with E-state index in [1.54, 1.807) is 22.9 Å². The molecule has 25 heavy (non-hydrogen) atoms. The molecule has 0 unspecified atom stereocenters. The van der Waals surface area contributed by atoms with Crippen LogP contribution >= 0.6 is 11.6 Å². The number of rotatable bonds is 8. The highest BCUT2D eigenvalue weighted by atomic mass is 35.5. The summed E-state index contributed by atoms with van der Waals surface area (Å²) < 4.78 is 27.5. The second kappa shape index (κ2) is 8.16. The van der Waals surface area contributed by atoms with E-state index in [9.17, 15) is 4.39 Å². The first-order valence-corrected chi connectivity index (χ1v) is 12.2. The van der Waals surface area contributed by atoms with Gasteiger partial charge in [-0.3, -0.25) is 0 Å². The Labute approximate surface area is 154 Å². The van der Waals surface area contributed by atoms with Crippen LogP contribution < -0.4 is 4.74 Å². The zero-order valence-electron chi connectivity index (χ0n) is 15.1. The highest BCUT2D eigenvalue weighted by Gasteiger charge is 2.20. The Morgan fingerprint density at radius 3 is 2.68 bits per heavy atom. The molecule has 0 fully saturated rings. The number of hydrogen-bond donors (Lipinski definition) is 0. The predicted molar refractivity (Wildman–Crippen MR) is 103 cm³/mol. The Kier molecular flexibility index (Phi) is 6.43. The van der Waals surface area contributed by atoms with E-state index in [2.05, 4.69) is 31.3 Å². The molecule has 0 spiro atoms. The fraction of sp³-hybridized carbons (Fsp3) is 0.389. The van der Waals surface area contributed by atoms with E-state index in [0.717, 1.165) is 6.04 Å². The minimum absolute atomic E-state index is 0.202. The van der Waals surface area contributed by atoms with Crippen molar-refractivity contribution in [3.63, 3.8) is 0 Å². The van der Waals surface area contributed by atoms with Crippen LogP contribution in [0.2, 0.25) is 30.8 Å². The predicted octanol–water partition coefficient (Wildman–Crippen LogP) is 5.31. The van der Waals surface area contributed by atoms with Crippen molar-refractivity contribution in [3.05, 3.63) is 41.3 Å². The third kappa shape index (κ3) is 4.93. The summed E-state index contributed by atoms with van der Waals surface area (Å²) in [6.45, 7) is 11.3. The maximum absolute atomic E-state index is 14.9. The molecule has 0 saturated heterocycles. The van der Waals surface area contributed by atoms with Crippen molar-refractivity contribution < 1.29 is 13.9 Å². The highest BCUT2D eigenvalue weighted by Crippen LogP contribution is 2.36. The van der Waals surface area contributed by atoms with E-state index in [4.69, 9.17) is 21.1 Å². The molecule has 1 aromatic carbocycles. The molecule has 1 aromatic heterocycles. The third-order valence-corrected chi connectivity index (χ3v) is 5.68. The summed E-state index contributed by atoms with van der Waals surface area (Å²) in [7, 11) is 0.323. The molecule has 0 atom stereocenters. The van der Waals surface area contributed by atoms with Crippen molar-refractivity contribution in [2.75, 3.05) is 13.7 Å². The van der Waals surface area contributed by atoms with E-state index in [1.807, 2.05) is 0 Å². The van der Waals surface area contributed by atoms with Crippen LogP contribution in [0, 0.1) is 5.82 Å². The molecule has 2 aromatic rings. The number of halogens is 2. The number of benzene rings is 1. The van der Waals surface area contributed by atoms with Gasteiger partial charge in [-0.1, -0.05) is 43.9 Å². The first-order chi connectivity index (χ1) is 11.8. The molecular formula is C18H24ClFN2O2Si. The summed E-state index contributed by atoms with van der Waals surface area (Å²) in [5.74, 6) is -0.0164. The Hall–Kier alpha value is -1.63. The van der Waals surface area contributed by atoms with Gasteiger partial charge >= 0.3 is 0 Å². The van der Waals surface area contributed by atoms with E-state index in [1.165, 1.54) is 13.2 Å². The van der Waals surface area contributed by atoms with Gasteiger partial charge in [0.05, 0.1) is 18.4 Å². The maximum atomic E-state index is 14.9. The molecule has 2 rings (SSSR count). The van der Waals surface area contributed by atoms with Crippen molar-refractivity contribution in [3.8, 4) is 17.0 Å². The van der Waals surface area contributed by atoms with Gasteiger partial charge in [-0.25, -0.2) is 9.07 Å². The molecular weight excluding hydrogens is 359 g/mol. The Bertz CT molecular complexity index is 756. The Balaban J connectivity index is 2.33. The smallest absolute Gasteiger partial charge is 0.151 e. The molecule has 1 heterocycles. The number of aromatic nitrogens is 2. The molecule has 0 saturated carbocycles. The van der Waals surface area contributed by atoms with Gasteiger partial charge in [-0.05, 0) is 18.2 Å². The Morgan fingerprint density at radius 1 is 1.36 bits per heavy atom. The molecule has 4 nitrogen and oxygen atoms in total. The zero-order chi connectivity index (χ0) is 18.6. The summed E-state index contributed by atoms with van der Waals surface area (Å²) >= 11 is 6.06. The monoisotopic (exact) mass is 382 g/mol. The van der Waals surface area contributed by atoms with Crippen LogP contribution in [-0.2, 0) is 11.5 Å². The lowest BCUT2D eigenvalue weighted by molar-refractivity contribution is 0.0797. The van der Waals surface area contributed by atoms with Crippen molar-refractivity contribution in [2.24, 2.45) is 0 Å². The molecule has 0 amide bonds. The number of ether oxygens (including phenoxy) is 2. The first kappa shape index (κ1) is 19.7. The normalized spacial score (nSPS) is 11.6. The summed E-state index contributed by atoms with van der Waals surface area (Å²) in [4.78, 5) is 0. The van der Waals surface area contributed by atoms with Crippen molar-refractivity contribution in [1.82, 2.24) is 9.78 Å². The summed E-state index contributed by atoms with van der Waals surface area (Å²) in [5, 5.41) is 4.49. The van der Waals surface area contributed by atoms with Gasteiger partial charge in [0.25, 0.3) is 0 Å². The zero-order valence-corrected chi connectivity index (χ0v) is 16.9. The molecule has 0 N–H and O–H groups in total. The minimum atomic E-state index is -1.18. The largest absolute Gasteiger partial charge is 0.496 e. The average molecular weight is 383 g/mol. The molecule has 136 valence electrons. The lowest BCUT2D eigenvalue weighted by atomic mass is 10.1. The van der Waals surface area contributed by atoms with Crippen LogP contribution in [0.1, 0.15) is 5.56 Å². The second-order valence-corrected chi connectivity index (χ2v) is 13.0. The second-order valence-electron chi connectivity index (χ2n) is 6.95. The van der Waals surface area contributed by atoms with Crippen molar-refractivity contribution >= 4 is 25.8 Å². The van der Waals surface area contributed by atoms with Gasteiger partial charge in [0.2, 0.25) is 0 Å². The van der Waals surface area contributed by atoms with E-state index >= 15 is 0 Å². The van der Waals surface area contributed by atoms with Crippen LogP contribution in [0.4, 0.5) is 4.39 Å². The first-order valence-electron chi connectivity index (χ1n) is 8.07. The quantitative estimate of drug-likeness (QED) is 0.458. The fourth-order valence-corrected chi connectivity index (χ4v) is 3.31. The summed E-state index contributed by atoms with van der Waals surface area (Å²) in [6.07, 6.45) is 1.46. The minimum Gasteiger partial charge on any atom is -0.496 e. The number of hydrogen-bond acceptors (Lipinski definition) is 3. The topological polar surface area (TPSA) is 36.3 Å². The molecule has 0 radical (unpaired) electrons. The van der Waals surface area contributed by atoms with Crippen LogP contribution in [0.5, 0.6) is 5.75 Å². The van der Waals surface area contributed by atoms with E-state index < -0.39 is 13.9 Å². The standard InChI is InChI=1S/C18H24ClFN2O2Si/c1-6-13-7-8-15(23-2)17(18(13)20)14-11-16(19)21-22(14)12-24-9-10-25(3,4)5/h6-8,11H,1,9-10,12H2,2-5H3. The van der Waals surface area contributed by atoms with Gasteiger partial charge in [0.15, 0.2) is 5.15 Å². The van der Waals surface area contributed by atoms with Crippen LogP contribution in [0.3, 0.4) is 0 Å². The van der Waals surface area contributed by atoms with Crippen LogP contribution in [0.25, 0.3) is 17.3 Å². The average Bonchev–Trinajstić information content (AvgIpc) is 2.90. The van der Waals surface area contributed by atoms with Crippen LogP contribution in [0.15, 0.2) is 24.8 Å². The summed E-state index contributed by atoms with van der Waals surface area (Å²) in [5.41, 5.74) is 1.20. The van der Waals surface area contributed by atoms with E-state index in [-0.39, 0.29) is 11.9 Å². The van der Waals surface area contributed by atoms with Gasteiger partial charge in [0.1, 0.15) is 18.3 Å². The summed E-state index contributed by atoms with van der Waals surface area (Å²) in [6, 6.07) is 5.97. The van der Waals surface area contributed by atoms with Gasteiger partial charge in [0, 0.05) is 26.3 Å². The molecule has 0 aliphatic heterocycles. The van der Waals surface area contributed by atoms with E-state index in [0.29, 0.717) is 29.2 Å². The van der Waals surface area contributed by atoms with Crippen LogP contribution in [-0.4, -0.2) is 31.6 Å². The van der Waals surface area contributed by atoms with Crippen molar-refractivity contribution in [2.45, 2.75) is 32.4 Å². The number of nitrogens with zero attached hydrogens (tertiary/aromatic N) is 2.